The van der Waals surface area contributed by atoms with Gasteiger partial charge in [0.05, 0.1) is 5.60 Å². The first-order valence-corrected chi connectivity index (χ1v) is 3.50. The van der Waals surface area contributed by atoms with Crippen LogP contribution >= 0.6 is 0 Å². The van der Waals surface area contributed by atoms with Gasteiger partial charge in [-0.05, 0) is 13.3 Å². The molecule has 60 valence electrons. The summed E-state index contributed by atoms with van der Waals surface area (Å²) in [5, 5.41) is 18.1. The van der Waals surface area contributed by atoms with Gasteiger partial charge >= 0.3 is 0 Å². The highest BCUT2D eigenvalue weighted by Crippen LogP contribution is 2.20. The fourth-order valence-corrected chi connectivity index (χ4v) is 0.708. The first-order chi connectivity index (χ1) is 4.54. The Morgan fingerprint density at radius 2 is 2.20 bits per heavy atom. The molecule has 10 heavy (non-hydrogen) atoms. The van der Waals surface area contributed by atoms with Crippen LogP contribution in [-0.4, -0.2) is 22.4 Å². The van der Waals surface area contributed by atoms with E-state index in [-0.39, 0.29) is 12.5 Å². The molecule has 0 aromatic rings. The van der Waals surface area contributed by atoms with Crippen LogP contribution in [0.25, 0.3) is 0 Å². The van der Waals surface area contributed by atoms with Gasteiger partial charge in [0.25, 0.3) is 0 Å². The Bertz CT molecular complexity index is 108. The minimum absolute atomic E-state index is 0.0190. The molecule has 2 unspecified atom stereocenters. The summed E-state index contributed by atoms with van der Waals surface area (Å²) >= 11 is 0. The Labute approximate surface area is 62.2 Å². The fourth-order valence-electron chi connectivity index (χ4n) is 0.708. The van der Waals surface area contributed by atoms with E-state index in [4.69, 9.17) is 5.11 Å². The predicted molar refractivity (Wildman–Crippen MR) is 41.7 cm³/mol. The fraction of sp³-hybridized carbons (Fsp3) is 0.750. The Hall–Kier alpha value is -0.340. The van der Waals surface area contributed by atoms with Crippen molar-refractivity contribution in [2.75, 3.05) is 6.61 Å². The molecule has 0 aromatic carbocycles. The largest absolute Gasteiger partial charge is 0.396 e. The first kappa shape index (κ1) is 9.66. The van der Waals surface area contributed by atoms with Crippen molar-refractivity contribution in [2.24, 2.45) is 5.92 Å². The lowest BCUT2D eigenvalue weighted by Crippen LogP contribution is -2.32. The number of hydrogen-bond donors (Lipinski definition) is 2. The van der Waals surface area contributed by atoms with E-state index in [9.17, 15) is 5.11 Å². The second-order valence-electron chi connectivity index (χ2n) is 2.86. The maximum Gasteiger partial charge on any atom is 0.0701 e. The number of rotatable bonds is 4. The molecule has 0 bridgehead atoms. The topological polar surface area (TPSA) is 40.5 Å². The third-order valence-electron chi connectivity index (χ3n) is 1.95. The highest BCUT2D eigenvalue weighted by molar-refractivity contribution is 4.89. The zero-order valence-corrected chi connectivity index (χ0v) is 6.67. The van der Waals surface area contributed by atoms with Gasteiger partial charge in [0.15, 0.2) is 0 Å². The van der Waals surface area contributed by atoms with Crippen molar-refractivity contribution in [1.29, 1.82) is 0 Å². The third-order valence-corrected chi connectivity index (χ3v) is 1.95. The molecule has 2 heteroatoms. The Kier molecular flexibility index (Phi) is 3.61. The summed E-state index contributed by atoms with van der Waals surface area (Å²) < 4.78 is 0. The summed E-state index contributed by atoms with van der Waals surface area (Å²) in [6, 6.07) is 0. The van der Waals surface area contributed by atoms with Gasteiger partial charge in [-0.25, -0.2) is 0 Å². The molecule has 2 atom stereocenters. The Morgan fingerprint density at radius 3 is 2.50 bits per heavy atom. The van der Waals surface area contributed by atoms with Crippen LogP contribution in [0.3, 0.4) is 0 Å². The molecule has 0 rings (SSSR count). The summed E-state index contributed by atoms with van der Waals surface area (Å²) in [6.07, 6.45) is 2.09. The monoisotopic (exact) mass is 144 g/mol. The lowest BCUT2D eigenvalue weighted by molar-refractivity contribution is 0.00199. The van der Waals surface area contributed by atoms with E-state index < -0.39 is 5.60 Å². The van der Waals surface area contributed by atoms with Crippen LogP contribution in [0.15, 0.2) is 12.7 Å². The second-order valence-corrected chi connectivity index (χ2v) is 2.86. The van der Waals surface area contributed by atoms with Gasteiger partial charge in [0, 0.05) is 12.5 Å². The van der Waals surface area contributed by atoms with Crippen LogP contribution in [0, 0.1) is 5.92 Å². The molecule has 0 amide bonds. The summed E-state index contributed by atoms with van der Waals surface area (Å²) in [6.45, 7) is 7.17. The molecule has 0 radical (unpaired) electrons. The second kappa shape index (κ2) is 3.74. The van der Waals surface area contributed by atoms with Crippen molar-refractivity contribution in [2.45, 2.75) is 25.9 Å². The molecule has 0 aliphatic heterocycles. The highest BCUT2D eigenvalue weighted by Gasteiger charge is 2.24. The van der Waals surface area contributed by atoms with Gasteiger partial charge < -0.3 is 10.2 Å². The van der Waals surface area contributed by atoms with E-state index in [2.05, 4.69) is 6.58 Å². The number of aliphatic hydroxyl groups excluding tert-OH is 1. The highest BCUT2D eigenvalue weighted by atomic mass is 16.3. The van der Waals surface area contributed by atoms with Crippen molar-refractivity contribution < 1.29 is 10.2 Å². The summed E-state index contributed by atoms with van der Waals surface area (Å²) in [5.74, 6) is 0.0275. The summed E-state index contributed by atoms with van der Waals surface area (Å²) in [7, 11) is 0. The lowest BCUT2D eigenvalue weighted by Gasteiger charge is -2.26. The zero-order valence-electron chi connectivity index (χ0n) is 6.67. The van der Waals surface area contributed by atoms with Crippen LogP contribution in [0.4, 0.5) is 0 Å². The molecule has 0 aromatic heterocycles. The van der Waals surface area contributed by atoms with E-state index in [1.54, 1.807) is 13.0 Å². The SMILES string of the molecule is C=CC(C)C(C)(O)CCO. The van der Waals surface area contributed by atoms with Crippen LogP contribution in [0.5, 0.6) is 0 Å². The van der Waals surface area contributed by atoms with Gasteiger partial charge in [-0.1, -0.05) is 13.0 Å². The van der Waals surface area contributed by atoms with Crippen molar-refractivity contribution in [1.82, 2.24) is 0 Å². The molecule has 2 N–H and O–H groups in total. The third kappa shape index (κ3) is 2.50. The normalized spacial score (nSPS) is 19.6. The van der Waals surface area contributed by atoms with E-state index in [0.29, 0.717) is 6.42 Å². The van der Waals surface area contributed by atoms with E-state index in [1.165, 1.54) is 0 Å². The van der Waals surface area contributed by atoms with Gasteiger partial charge in [-0.2, -0.15) is 0 Å². The average molecular weight is 144 g/mol. The van der Waals surface area contributed by atoms with Crippen molar-refractivity contribution >= 4 is 0 Å². The van der Waals surface area contributed by atoms with Crippen molar-refractivity contribution in [3.05, 3.63) is 12.7 Å². The maximum absolute atomic E-state index is 9.55. The molecular weight excluding hydrogens is 128 g/mol. The molecular formula is C8H16O2. The molecule has 0 fully saturated rings. The van der Waals surface area contributed by atoms with Crippen LogP contribution < -0.4 is 0 Å². The molecule has 2 nitrogen and oxygen atoms in total. The lowest BCUT2D eigenvalue weighted by atomic mass is 9.88. The van der Waals surface area contributed by atoms with Gasteiger partial charge in [0.2, 0.25) is 0 Å². The standard InChI is InChI=1S/C8H16O2/c1-4-7(2)8(3,10)5-6-9/h4,7,9-10H,1,5-6H2,2-3H3. The molecule has 0 saturated carbocycles. The molecule has 0 spiro atoms. The van der Waals surface area contributed by atoms with Gasteiger partial charge in [-0.15, -0.1) is 6.58 Å². The number of aliphatic hydroxyl groups is 2. The molecule has 0 aliphatic rings. The van der Waals surface area contributed by atoms with Crippen LogP contribution in [0.1, 0.15) is 20.3 Å². The minimum Gasteiger partial charge on any atom is -0.396 e. The van der Waals surface area contributed by atoms with Crippen molar-refractivity contribution in [3.8, 4) is 0 Å². The van der Waals surface area contributed by atoms with E-state index in [0.717, 1.165) is 0 Å². The minimum atomic E-state index is -0.809. The first-order valence-electron chi connectivity index (χ1n) is 3.50. The Morgan fingerprint density at radius 1 is 1.70 bits per heavy atom. The Balaban J connectivity index is 3.94. The number of hydrogen-bond acceptors (Lipinski definition) is 2. The average Bonchev–Trinajstić information content (AvgIpc) is 1.86. The summed E-state index contributed by atoms with van der Waals surface area (Å²) in [5.41, 5.74) is -0.809. The predicted octanol–water partition coefficient (Wildman–Crippen LogP) is 0.942. The molecule has 0 heterocycles. The smallest absolute Gasteiger partial charge is 0.0701 e. The van der Waals surface area contributed by atoms with Crippen molar-refractivity contribution in [3.63, 3.8) is 0 Å². The van der Waals surface area contributed by atoms with Gasteiger partial charge in [0.1, 0.15) is 0 Å². The quantitative estimate of drug-likeness (QED) is 0.576. The zero-order chi connectivity index (χ0) is 8.20. The van der Waals surface area contributed by atoms with Crippen LogP contribution in [0.2, 0.25) is 0 Å². The van der Waals surface area contributed by atoms with E-state index >= 15 is 0 Å². The molecule has 0 aliphatic carbocycles. The molecule has 0 saturated heterocycles. The summed E-state index contributed by atoms with van der Waals surface area (Å²) in [4.78, 5) is 0. The van der Waals surface area contributed by atoms with Gasteiger partial charge in [-0.3, -0.25) is 0 Å². The van der Waals surface area contributed by atoms with Crippen LogP contribution in [-0.2, 0) is 0 Å². The maximum atomic E-state index is 9.55. The van der Waals surface area contributed by atoms with E-state index in [1.807, 2.05) is 6.92 Å².